The molecule has 3 unspecified atom stereocenters. The fraction of sp³-hybridized carbons (Fsp3) is 0.667. The number of amides is 2. The Kier molecular flexibility index (Phi) is 6.40. The molecule has 98 valence electrons. The Morgan fingerprint density at radius 2 is 1.94 bits per heavy atom. The molecule has 2 amide bonds. The minimum absolute atomic E-state index is 0.258. The fourth-order valence-corrected chi connectivity index (χ4v) is 2.63. The van der Waals surface area contributed by atoms with Crippen molar-refractivity contribution in [3.05, 3.63) is 0 Å². The van der Waals surface area contributed by atoms with E-state index in [2.05, 4.69) is 5.32 Å². The van der Waals surface area contributed by atoms with E-state index in [1.807, 2.05) is 0 Å². The molecule has 4 N–H and O–H groups in total. The zero-order chi connectivity index (χ0) is 13.6. The van der Waals surface area contributed by atoms with Crippen LogP contribution in [0.1, 0.15) is 20.3 Å². The Hall–Kier alpha value is -1.44. The van der Waals surface area contributed by atoms with E-state index in [1.165, 1.54) is 0 Å². The van der Waals surface area contributed by atoms with Crippen molar-refractivity contribution in [2.24, 2.45) is 5.73 Å². The number of nitrogens with one attached hydrogen (secondary N) is 1. The summed E-state index contributed by atoms with van der Waals surface area (Å²) in [4.78, 5) is 32.5. The number of hydrogen-bond donors (Lipinski definition) is 3. The molecule has 0 heterocycles. The molecule has 0 aromatic heterocycles. The van der Waals surface area contributed by atoms with Gasteiger partial charge in [0, 0.05) is 17.7 Å². The summed E-state index contributed by atoms with van der Waals surface area (Å²) in [5.74, 6) is -2.91. The second-order valence-electron chi connectivity index (χ2n) is 3.44. The molecule has 8 heteroatoms. The maximum atomic E-state index is 11.7. The third-order valence-electron chi connectivity index (χ3n) is 2.01. The van der Waals surface area contributed by atoms with E-state index in [-0.39, 0.29) is 12.2 Å². The van der Waals surface area contributed by atoms with Crippen LogP contribution in [0.5, 0.6) is 0 Å². The average molecular weight is 264 g/mol. The number of carbonyl (C=O) groups is 3. The molecule has 0 rings (SSSR count). The van der Waals surface area contributed by atoms with Crippen molar-refractivity contribution in [1.82, 2.24) is 5.32 Å². The van der Waals surface area contributed by atoms with Gasteiger partial charge in [-0.15, -0.1) is 0 Å². The predicted molar refractivity (Wildman–Crippen MR) is 61.5 cm³/mol. The van der Waals surface area contributed by atoms with Crippen LogP contribution in [-0.2, 0) is 25.2 Å². The van der Waals surface area contributed by atoms with E-state index in [1.54, 1.807) is 6.92 Å². The Morgan fingerprint density at radius 3 is 2.24 bits per heavy atom. The molecule has 0 spiro atoms. The highest BCUT2D eigenvalue weighted by Gasteiger charge is 2.27. The second-order valence-corrected chi connectivity index (χ2v) is 5.10. The highest BCUT2D eigenvalue weighted by Crippen LogP contribution is 2.04. The normalized spacial score (nSPS) is 15.6. The monoisotopic (exact) mass is 264 g/mol. The highest BCUT2D eigenvalue weighted by molar-refractivity contribution is 7.86. The smallest absolute Gasteiger partial charge is 0.327 e. The standard InChI is InChI=1S/C9H16N2O5S/c1-3-7(8(10)13)17(16)4-6(9(14)15)11-5(2)12/h6-7H,3-4H2,1-2H3,(H2,10,13)(H,11,12)(H,14,15). The SMILES string of the molecule is CCC(C(N)=O)S(=O)CC(NC(C)=O)C(=O)O. The zero-order valence-electron chi connectivity index (χ0n) is 9.63. The lowest BCUT2D eigenvalue weighted by Gasteiger charge is -2.16. The molecular formula is C9H16N2O5S. The van der Waals surface area contributed by atoms with Gasteiger partial charge in [-0.2, -0.15) is 0 Å². The van der Waals surface area contributed by atoms with E-state index in [0.29, 0.717) is 0 Å². The summed E-state index contributed by atoms with van der Waals surface area (Å²) < 4.78 is 11.7. The lowest BCUT2D eigenvalue weighted by atomic mass is 10.3. The van der Waals surface area contributed by atoms with Gasteiger partial charge in [0.2, 0.25) is 11.8 Å². The topological polar surface area (TPSA) is 127 Å². The first-order valence-corrected chi connectivity index (χ1v) is 6.34. The largest absolute Gasteiger partial charge is 0.480 e. The highest BCUT2D eigenvalue weighted by atomic mass is 32.2. The maximum Gasteiger partial charge on any atom is 0.327 e. The number of aliphatic carboxylic acids is 1. The maximum absolute atomic E-state index is 11.7. The molecule has 0 aliphatic heterocycles. The quantitative estimate of drug-likeness (QED) is 0.520. The van der Waals surface area contributed by atoms with Crippen LogP contribution in [-0.4, -0.2) is 44.1 Å². The van der Waals surface area contributed by atoms with Crippen molar-refractivity contribution in [1.29, 1.82) is 0 Å². The summed E-state index contributed by atoms with van der Waals surface area (Å²) in [6.45, 7) is 2.78. The molecule has 7 nitrogen and oxygen atoms in total. The minimum Gasteiger partial charge on any atom is -0.480 e. The first kappa shape index (κ1) is 15.6. The van der Waals surface area contributed by atoms with Crippen molar-refractivity contribution >= 4 is 28.6 Å². The Morgan fingerprint density at radius 1 is 1.41 bits per heavy atom. The van der Waals surface area contributed by atoms with Gasteiger partial charge in [-0.1, -0.05) is 6.92 Å². The molecule has 0 fully saturated rings. The first-order chi connectivity index (χ1) is 7.79. The number of rotatable bonds is 7. The molecule has 17 heavy (non-hydrogen) atoms. The van der Waals surface area contributed by atoms with Crippen molar-refractivity contribution < 1.29 is 23.7 Å². The lowest BCUT2D eigenvalue weighted by Crippen LogP contribution is -2.46. The van der Waals surface area contributed by atoms with Gasteiger partial charge in [-0.25, -0.2) is 4.79 Å². The van der Waals surface area contributed by atoms with Crippen LogP contribution in [0.3, 0.4) is 0 Å². The van der Waals surface area contributed by atoms with E-state index in [9.17, 15) is 18.6 Å². The molecule has 0 saturated carbocycles. The second kappa shape index (κ2) is 7.00. The molecular weight excluding hydrogens is 248 g/mol. The molecule has 0 aliphatic rings. The lowest BCUT2D eigenvalue weighted by molar-refractivity contribution is -0.140. The van der Waals surface area contributed by atoms with E-state index in [0.717, 1.165) is 6.92 Å². The van der Waals surface area contributed by atoms with Crippen LogP contribution >= 0.6 is 0 Å². The van der Waals surface area contributed by atoms with Gasteiger partial charge in [-0.3, -0.25) is 13.8 Å². The summed E-state index contributed by atoms with van der Waals surface area (Å²) >= 11 is 0. The predicted octanol–water partition coefficient (Wildman–Crippen LogP) is -1.41. The molecule has 0 radical (unpaired) electrons. The van der Waals surface area contributed by atoms with Crippen LogP contribution in [0.4, 0.5) is 0 Å². The number of hydrogen-bond acceptors (Lipinski definition) is 4. The molecule has 0 aliphatic carbocycles. The van der Waals surface area contributed by atoms with Gasteiger partial charge in [0.05, 0.1) is 5.75 Å². The Balaban J connectivity index is 4.65. The van der Waals surface area contributed by atoms with Crippen LogP contribution in [0.2, 0.25) is 0 Å². The van der Waals surface area contributed by atoms with Gasteiger partial charge in [0.25, 0.3) is 0 Å². The molecule has 0 aromatic rings. The number of nitrogens with two attached hydrogens (primary N) is 1. The third kappa shape index (κ3) is 5.43. The molecule has 3 atom stereocenters. The summed E-state index contributed by atoms with van der Waals surface area (Å²) in [7, 11) is -1.73. The van der Waals surface area contributed by atoms with Crippen molar-refractivity contribution in [2.45, 2.75) is 31.6 Å². The molecule has 0 aromatic carbocycles. The summed E-state index contributed by atoms with van der Waals surface area (Å²) in [5, 5.41) is 10.0. The zero-order valence-corrected chi connectivity index (χ0v) is 10.5. The molecule has 0 bridgehead atoms. The van der Waals surface area contributed by atoms with Crippen LogP contribution < -0.4 is 11.1 Å². The Bertz CT molecular complexity index is 344. The van der Waals surface area contributed by atoms with Crippen molar-refractivity contribution in [2.75, 3.05) is 5.75 Å². The number of carbonyl (C=O) groups excluding carboxylic acids is 2. The van der Waals surface area contributed by atoms with Gasteiger partial charge in [0.15, 0.2) is 0 Å². The van der Waals surface area contributed by atoms with Crippen LogP contribution in [0, 0.1) is 0 Å². The fourth-order valence-electron chi connectivity index (χ4n) is 1.22. The van der Waals surface area contributed by atoms with E-state index < -0.39 is 39.9 Å². The van der Waals surface area contributed by atoms with Crippen molar-refractivity contribution in [3.63, 3.8) is 0 Å². The van der Waals surface area contributed by atoms with Crippen molar-refractivity contribution in [3.8, 4) is 0 Å². The first-order valence-electron chi connectivity index (χ1n) is 4.96. The van der Waals surface area contributed by atoms with Gasteiger partial charge < -0.3 is 16.2 Å². The van der Waals surface area contributed by atoms with Gasteiger partial charge >= 0.3 is 5.97 Å². The van der Waals surface area contributed by atoms with Crippen LogP contribution in [0.15, 0.2) is 0 Å². The van der Waals surface area contributed by atoms with Gasteiger partial charge in [0.1, 0.15) is 11.3 Å². The number of primary amides is 1. The summed E-state index contributed by atoms with van der Waals surface area (Å²) in [6, 6.07) is -1.28. The number of carboxylic acid groups (broad SMARTS) is 1. The third-order valence-corrected chi connectivity index (χ3v) is 3.87. The summed E-state index contributed by atoms with van der Waals surface area (Å²) in [5.41, 5.74) is 5.03. The summed E-state index contributed by atoms with van der Waals surface area (Å²) in [6.07, 6.45) is 0.258. The van der Waals surface area contributed by atoms with Crippen LogP contribution in [0.25, 0.3) is 0 Å². The number of carboxylic acids is 1. The van der Waals surface area contributed by atoms with Gasteiger partial charge in [-0.05, 0) is 6.42 Å². The Labute approximate surface area is 101 Å². The van der Waals surface area contributed by atoms with E-state index >= 15 is 0 Å². The molecule has 0 saturated heterocycles. The average Bonchev–Trinajstić information content (AvgIpc) is 2.15. The minimum atomic E-state index is -1.73. The van der Waals surface area contributed by atoms with E-state index in [4.69, 9.17) is 10.8 Å².